The highest BCUT2D eigenvalue weighted by molar-refractivity contribution is 9.10. The second-order valence-corrected chi connectivity index (χ2v) is 8.19. The molecule has 11 heteroatoms. The Bertz CT molecular complexity index is 1250. The van der Waals surface area contributed by atoms with E-state index in [9.17, 15) is 14.4 Å². The second-order valence-electron chi connectivity index (χ2n) is 6.90. The van der Waals surface area contributed by atoms with Crippen molar-refractivity contribution >= 4 is 62.8 Å². The number of para-hydroxylation sites is 1. The van der Waals surface area contributed by atoms with Crippen molar-refractivity contribution in [1.82, 2.24) is 5.43 Å². The standard InChI is InChI=1S/C24H20BrClN4O5/c1-34-20-11-15(13-27-30-24(33)23(32)29-18-9-5-6-16(26)12-18)10-19(25)22(20)35-14-21(31)28-17-7-3-2-4-8-17/h2-13H,14H2,1H3,(H,28,31)(H,29,32)(H,30,33)/b27-13-. The summed E-state index contributed by atoms with van der Waals surface area (Å²) in [6.07, 6.45) is 1.32. The molecule has 0 bridgehead atoms. The Morgan fingerprint density at radius 2 is 1.71 bits per heavy atom. The molecule has 3 N–H and O–H groups in total. The van der Waals surface area contributed by atoms with Gasteiger partial charge in [0.1, 0.15) is 0 Å². The lowest BCUT2D eigenvalue weighted by Crippen LogP contribution is -2.32. The third kappa shape index (κ3) is 7.83. The van der Waals surface area contributed by atoms with Gasteiger partial charge in [0.05, 0.1) is 17.8 Å². The van der Waals surface area contributed by atoms with Crippen LogP contribution in [0.4, 0.5) is 11.4 Å². The van der Waals surface area contributed by atoms with Crippen molar-refractivity contribution in [2.24, 2.45) is 5.10 Å². The van der Waals surface area contributed by atoms with Crippen LogP contribution >= 0.6 is 27.5 Å². The number of nitrogens with zero attached hydrogens (tertiary/aromatic N) is 1. The molecule has 3 aromatic rings. The Hall–Kier alpha value is -3.89. The van der Waals surface area contributed by atoms with Crippen LogP contribution < -0.4 is 25.5 Å². The van der Waals surface area contributed by atoms with Gasteiger partial charge >= 0.3 is 11.8 Å². The number of rotatable bonds is 8. The molecule has 0 radical (unpaired) electrons. The van der Waals surface area contributed by atoms with Crippen LogP contribution in [0.1, 0.15) is 5.56 Å². The monoisotopic (exact) mass is 558 g/mol. The maximum atomic E-state index is 12.2. The summed E-state index contributed by atoms with van der Waals surface area (Å²) in [4.78, 5) is 36.1. The number of halogens is 2. The Labute approximate surface area is 214 Å². The lowest BCUT2D eigenvalue weighted by Gasteiger charge is -2.13. The van der Waals surface area contributed by atoms with Crippen LogP contribution in [0.25, 0.3) is 0 Å². The van der Waals surface area contributed by atoms with Crippen LogP contribution in [-0.2, 0) is 14.4 Å². The summed E-state index contributed by atoms with van der Waals surface area (Å²) in [7, 11) is 1.45. The van der Waals surface area contributed by atoms with Gasteiger partial charge in [-0.15, -0.1) is 0 Å². The van der Waals surface area contributed by atoms with Crippen LogP contribution in [0.5, 0.6) is 11.5 Å². The van der Waals surface area contributed by atoms with Gasteiger partial charge in [-0.1, -0.05) is 35.9 Å². The van der Waals surface area contributed by atoms with Gasteiger partial charge in [0.2, 0.25) is 0 Å². The van der Waals surface area contributed by atoms with Crippen LogP contribution in [0, 0.1) is 0 Å². The number of ether oxygens (including phenoxy) is 2. The molecule has 0 fully saturated rings. The normalized spacial score (nSPS) is 10.5. The molecule has 3 aromatic carbocycles. The maximum absolute atomic E-state index is 12.2. The fourth-order valence-corrected chi connectivity index (χ4v) is 3.55. The highest BCUT2D eigenvalue weighted by Gasteiger charge is 2.15. The van der Waals surface area contributed by atoms with E-state index in [1.165, 1.54) is 19.4 Å². The molecule has 0 saturated carbocycles. The van der Waals surface area contributed by atoms with Crippen LogP contribution in [0.15, 0.2) is 76.3 Å². The molecular formula is C24H20BrClN4O5. The fourth-order valence-electron chi connectivity index (χ4n) is 2.78. The van der Waals surface area contributed by atoms with Gasteiger partial charge in [-0.25, -0.2) is 5.43 Å². The van der Waals surface area contributed by atoms with Crippen molar-refractivity contribution in [3.8, 4) is 11.5 Å². The number of amides is 3. The summed E-state index contributed by atoms with van der Waals surface area (Å²) in [5.41, 5.74) is 3.71. The number of methoxy groups -OCH3 is 1. The molecule has 180 valence electrons. The summed E-state index contributed by atoms with van der Waals surface area (Å²) in [5, 5.41) is 9.36. The number of carbonyl (C=O) groups is 3. The highest BCUT2D eigenvalue weighted by Crippen LogP contribution is 2.36. The average molecular weight is 560 g/mol. The molecule has 35 heavy (non-hydrogen) atoms. The first-order valence-corrected chi connectivity index (χ1v) is 11.3. The Kier molecular flexibility index (Phi) is 9.22. The molecule has 0 spiro atoms. The molecule has 0 atom stereocenters. The third-order valence-electron chi connectivity index (χ3n) is 4.33. The van der Waals surface area contributed by atoms with Crippen LogP contribution in [0.2, 0.25) is 5.02 Å². The summed E-state index contributed by atoms with van der Waals surface area (Å²) >= 11 is 9.24. The van der Waals surface area contributed by atoms with E-state index >= 15 is 0 Å². The predicted octanol–water partition coefficient (Wildman–Crippen LogP) is 4.22. The second kappa shape index (κ2) is 12.5. The molecule has 0 aliphatic carbocycles. The largest absolute Gasteiger partial charge is 0.493 e. The van der Waals surface area contributed by atoms with Gasteiger partial charge in [-0.05, 0) is 64.0 Å². The summed E-state index contributed by atoms with van der Waals surface area (Å²) in [5.74, 6) is -1.55. The van der Waals surface area contributed by atoms with E-state index in [0.29, 0.717) is 37.9 Å². The van der Waals surface area contributed by atoms with E-state index in [-0.39, 0.29) is 12.5 Å². The van der Waals surface area contributed by atoms with Crippen molar-refractivity contribution in [1.29, 1.82) is 0 Å². The minimum Gasteiger partial charge on any atom is -0.493 e. The average Bonchev–Trinajstić information content (AvgIpc) is 2.83. The Morgan fingerprint density at radius 1 is 0.971 bits per heavy atom. The van der Waals surface area contributed by atoms with Gasteiger partial charge in [-0.3, -0.25) is 14.4 Å². The molecular weight excluding hydrogens is 540 g/mol. The van der Waals surface area contributed by atoms with Crippen LogP contribution in [-0.4, -0.2) is 37.7 Å². The first kappa shape index (κ1) is 25.7. The van der Waals surface area contributed by atoms with Gasteiger partial charge in [0.15, 0.2) is 18.1 Å². The minimum absolute atomic E-state index is 0.241. The summed E-state index contributed by atoms with van der Waals surface area (Å²) in [6, 6.07) is 18.6. The fraction of sp³-hybridized carbons (Fsp3) is 0.0833. The zero-order valence-electron chi connectivity index (χ0n) is 18.4. The van der Waals surface area contributed by atoms with E-state index in [1.807, 2.05) is 18.2 Å². The smallest absolute Gasteiger partial charge is 0.329 e. The zero-order valence-corrected chi connectivity index (χ0v) is 20.7. The Morgan fingerprint density at radius 3 is 2.43 bits per heavy atom. The lowest BCUT2D eigenvalue weighted by atomic mass is 10.2. The summed E-state index contributed by atoms with van der Waals surface area (Å²) < 4.78 is 11.5. The molecule has 0 heterocycles. The third-order valence-corrected chi connectivity index (χ3v) is 5.15. The van der Waals surface area contributed by atoms with Crippen molar-refractivity contribution in [3.63, 3.8) is 0 Å². The van der Waals surface area contributed by atoms with Gasteiger partial charge in [0, 0.05) is 16.4 Å². The molecule has 0 saturated heterocycles. The molecule has 0 aliphatic heterocycles. The van der Waals surface area contributed by atoms with Gasteiger partial charge < -0.3 is 20.1 Å². The Balaban J connectivity index is 1.58. The zero-order chi connectivity index (χ0) is 25.2. The van der Waals surface area contributed by atoms with Gasteiger partial charge in [-0.2, -0.15) is 5.10 Å². The number of benzene rings is 3. The quantitative estimate of drug-likeness (QED) is 0.217. The van der Waals surface area contributed by atoms with Crippen molar-refractivity contribution in [2.45, 2.75) is 0 Å². The molecule has 0 unspecified atom stereocenters. The van der Waals surface area contributed by atoms with E-state index in [2.05, 4.69) is 37.1 Å². The first-order valence-electron chi connectivity index (χ1n) is 10.1. The maximum Gasteiger partial charge on any atom is 0.329 e. The van der Waals surface area contributed by atoms with Crippen molar-refractivity contribution in [3.05, 3.63) is 81.8 Å². The van der Waals surface area contributed by atoms with Crippen molar-refractivity contribution in [2.75, 3.05) is 24.4 Å². The molecule has 9 nitrogen and oxygen atoms in total. The van der Waals surface area contributed by atoms with Gasteiger partial charge in [0.25, 0.3) is 5.91 Å². The van der Waals surface area contributed by atoms with E-state index in [4.69, 9.17) is 21.1 Å². The lowest BCUT2D eigenvalue weighted by molar-refractivity contribution is -0.136. The predicted molar refractivity (Wildman–Crippen MR) is 137 cm³/mol. The molecule has 3 amide bonds. The minimum atomic E-state index is -0.961. The molecule has 0 aromatic heterocycles. The van der Waals surface area contributed by atoms with Crippen LogP contribution in [0.3, 0.4) is 0 Å². The first-order chi connectivity index (χ1) is 16.9. The SMILES string of the molecule is COc1cc(/C=N\NC(=O)C(=O)Nc2cccc(Cl)c2)cc(Br)c1OCC(=O)Nc1ccccc1. The number of nitrogens with one attached hydrogen (secondary N) is 3. The summed E-state index contributed by atoms with van der Waals surface area (Å²) in [6.45, 7) is -0.241. The number of carbonyl (C=O) groups excluding carboxylic acids is 3. The highest BCUT2D eigenvalue weighted by atomic mass is 79.9. The number of hydrogen-bond donors (Lipinski definition) is 3. The topological polar surface area (TPSA) is 118 Å². The van der Waals surface area contributed by atoms with Crippen molar-refractivity contribution < 1.29 is 23.9 Å². The number of hydrazone groups is 1. The van der Waals surface area contributed by atoms with E-state index in [0.717, 1.165) is 0 Å². The molecule has 3 rings (SSSR count). The van der Waals surface area contributed by atoms with E-state index in [1.54, 1.807) is 42.5 Å². The van der Waals surface area contributed by atoms with E-state index < -0.39 is 11.8 Å². The number of anilines is 2. The molecule has 0 aliphatic rings. The number of hydrogen-bond acceptors (Lipinski definition) is 6.